The van der Waals surface area contributed by atoms with Crippen LogP contribution in [0.25, 0.3) is 0 Å². The van der Waals surface area contributed by atoms with Crippen molar-refractivity contribution in [2.75, 3.05) is 0 Å². The van der Waals surface area contributed by atoms with Crippen LogP contribution in [0.3, 0.4) is 0 Å². The summed E-state index contributed by atoms with van der Waals surface area (Å²) in [7, 11) is 0. The van der Waals surface area contributed by atoms with E-state index in [0.717, 1.165) is 17.9 Å². The molecule has 1 rings (SSSR count). The second kappa shape index (κ2) is 4.55. The summed E-state index contributed by atoms with van der Waals surface area (Å²) in [5.41, 5.74) is 8.77. The fourth-order valence-electron chi connectivity index (χ4n) is 0.970. The van der Waals surface area contributed by atoms with Gasteiger partial charge in [0.1, 0.15) is 0 Å². The summed E-state index contributed by atoms with van der Waals surface area (Å²) in [5.74, 6) is 0. The normalized spacial score (nSPS) is 12.2. The lowest BCUT2D eigenvalue weighted by atomic mass is 10.2. The van der Waals surface area contributed by atoms with E-state index < -0.39 is 0 Å². The second-order valence-corrected chi connectivity index (χ2v) is 3.15. The van der Waals surface area contributed by atoms with Crippen molar-refractivity contribution < 1.29 is 0 Å². The average molecular weight is 176 g/mol. The van der Waals surface area contributed by atoms with E-state index in [4.69, 9.17) is 5.73 Å². The first-order valence-corrected chi connectivity index (χ1v) is 4.41. The molecule has 0 amide bonds. The largest absolute Gasteiger partial charge is 0.401 e. The lowest BCUT2D eigenvalue weighted by Crippen LogP contribution is -2.14. The van der Waals surface area contributed by atoms with Crippen molar-refractivity contribution >= 4 is 0 Å². The summed E-state index contributed by atoms with van der Waals surface area (Å²) < 4.78 is 0. The third kappa shape index (κ3) is 3.20. The van der Waals surface area contributed by atoms with Crippen LogP contribution in [0, 0.1) is 0 Å². The van der Waals surface area contributed by atoms with E-state index in [1.165, 1.54) is 5.56 Å². The van der Waals surface area contributed by atoms with Gasteiger partial charge in [-0.2, -0.15) is 0 Å². The predicted octanol–water partition coefficient (Wildman–Crippen LogP) is 1.99. The number of hydrogen-bond donors (Lipinski definition) is 2. The molecule has 0 heterocycles. The van der Waals surface area contributed by atoms with Gasteiger partial charge in [0.15, 0.2) is 0 Å². The van der Waals surface area contributed by atoms with E-state index in [0.29, 0.717) is 0 Å². The molecule has 0 bridgehead atoms. The van der Waals surface area contributed by atoms with Crippen molar-refractivity contribution in [3.63, 3.8) is 0 Å². The van der Waals surface area contributed by atoms with Crippen LogP contribution < -0.4 is 11.1 Å². The van der Waals surface area contributed by atoms with Gasteiger partial charge >= 0.3 is 0 Å². The SMILES string of the molecule is CC(N)=C(C)NCc1ccccc1. The van der Waals surface area contributed by atoms with Gasteiger partial charge in [-0.1, -0.05) is 30.3 Å². The van der Waals surface area contributed by atoms with Crippen molar-refractivity contribution in [2.45, 2.75) is 20.4 Å². The quantitative estimate of drug-likeness (QED) is 0.739. The maximum absolute atomic E-state index is 5.62. The van der Waals surface area contributed by atoms with Crippen LogP contribution in [-0.4, -0.2) is 0 Å². The summed E-state index contributed by atoms with van der Waals surface area (Å²) in [6.07, 6.45) is 0. The highest BCUT2D eigenvalue weighted by Crippen LogP contribution is 1.99. The Morgan fingerprint density at radius 2 is 1.85 bits per heavy atom. The Labute approximate surface area is 79.5 Å². The molecular weight excluding hydrogens is 160 g/mol. The summed E-state index contributed by atoms with van der Waals surface area (Å²) >= 11 is 0. The Hall–Kier alpha value is -1.44. The van der Waals surface area contributed by atoms with Gasteiger partial charge in [-0.15, -0.1) is 0 Å². The molecule has 0 radical (unpaired) electrons. The second-order valence-electron chi connectivity index (χ2n) is 3.15. The molecule has 0 saturated carbocycles. The van der Waals surface area contributed by atoms with Crippen molar-refractivity contribution in [3.8, 4) is 0 Å². The minimum Gasteiger partial charge on any atom is -0.401 e. The van der Waals surface area contributed by atoms with Crippen LogP contribution in [0.1, 0.15) is 19.4 Å². The van der Waals surface area contributed by atoms with Crippen LogP contribution in [0.15, 0.2) is 41.7 Å². The van der Waals surface area contributed by atoms with Gasteiger partial charge in [0, 0.05) is 17.9 Å². The van der Waals surface area contributed by atoms with Gasteiger partial charge < -0.3 is 11.1 Å². The molecule has 2 heteroatoms. The summed E-state index contributed by atoms with van der Waals surface area (Å²) in [5, 5.41) is 3.25. The minimum absolute atomic E-state index is 0.835. The van der Waals surface area contributed by atoms with E-state index in [1.54, 1.807) is 0 Å². The average Bonchev–Trinajstić information content (AvgIpc) is 2.15. The zero-order valence-corrected chi connectivity index (χ0v) is 8.17. The highest BCUT2D eigenvalue weighted by molar-refractivity contribution is 5.15. The highest BCUT2D eigenvalue weighted by atomic mass is 14.9. The van der Waals surface area contributed by atoms with Gasteiger partial charge in [0.05, 0.1) is 0 Å². The zero-order valence-electron chi connectivity index (χ0n) is 8.17. The summed E-state index contributed by atoms with van der Waals surface area (Å²) in [6.45, 7) is 4.72. The topological polar surface area (TPSA) is 38.0 Å². The third-order valence-electron chi connectivity index (χ3n) is 1.99. The molecule has 3 N–H and O–H groups in total. The first-order chi connectivity index (χ1) is 6.20. The molecule has 0 atom stereocenters. The molecule has 0 fully saturated rings. The van der Waals surface area contributed by atoms with Gasteiger partial charge in [-0.05, 0) is 19.4 Å². The molecule has 0 spiro atoms. The van der Waals surface area contributed by atoms with Gasteiger partial charge in [-0.25, -0.2) is 0 Å². The molecule has 1 aromatic rings. The number of nitrogens with two attached hydrogens (primary N) is 1. The zero-order chi connectivity index (χ0) is 9.68. The minimum atomic E-state index is 0.835. The first kappa shape index (κ1) is 9.65. The molecule has 0 unspecified atom stereocenters. The van der Waals surface area contributed by atoms with E-state index >= 15 is 0 Å². The number of allylic oxidation sites excluding steroid dienone is 2. The van der Waals surface area contributed by atoms with Crippen LogP contribution in [0.2, 0.25) is 0 Å². The molecule has 0 aliphatic heterocycles. The lowest BCUT2D eigenvalue weighted by molar-refractivity contribution is 0.796. The van der Waals surface area contributed by atoms with Crippen LogP contribution >= 0.6 is 0 Å². The fourth-order valence-corrected chi connectivity index (χ4v) is 0.970. The Morgan fingerprint density at radius 3 is 2.38 bits per heavy atom. The van der Waals surface area contributed by atoms with Crippen LogP contribution in [0.4, 0.5) is 0 Å². The maximum atomic E-state index is 5.62. The van der Waals surface area contributed by atoms with Crippen molar-refractivity contribution in [1.82, 2.24) is 5.32 Å². The van der Waals surface area contributed by atoms with Crippen LogP contribution in [0.5, 0.6) is 0 Å². The van der Waals surface area contributed by atoms with E-state index in [9.17, 15) is 0 Å². The molecule has 2 nitrogen and oxygen atoms in total. The Morgan fingerprint density at radius 1 is 1.23 bits per heavy atom. The molecule has 0 aliphatic carbocycles. The van der Waals surface area contributed by atoms with E-state index in [1.807, 2.05) is 32.0 Å². The van der Waals surface area contributed by atoms with Crippen LogP contribution in [-0.2, 0) is 6.54 Å². The molecule has 0 aromatic heterocycles. The van der Waals surface area contributed by atoms with Gasteiger partial charge in [-0.3, -0.25) is 0 Å². The Bertz CT molecular complexity index is 284. The molecular formula is C11H16N2. The first-order valence-electron chi connectivity index (χ1n) is 4.41. The smallest absolute Gasteiger partial charge is 0.0398 e. The molecule has 0 aliphatic rings. The predicted molar refractivity (Wildman–Crippen MR) is 55.8 cm³/mol. The molecule has 0 saturated heterocycles. The molecule has 70 valence electrons. The maximum Gasteiger partial charge on any atom is 0.0398 e. The summed E-state index contributed by atoms with van der Waals surface area (Å²) in [6, 6.07) is 10.3. The van der Waals surface area contributed by atoms with Crippen molar-refractivity contribution in [2.24, 2.45) is 5.73 Å². The van der Waals surface area contributed by atoms with Crippen molar-refractivity contribution in [3.05, 3.63) is 47.3 Å². The highest BCUT2D eigenvalue weighted by Gasteiger charge is 1.92. The number of hydrogen-bond acceptors (Lipinski definition) is 2. The van der Waals surface area contributed by atoms with Gasteiger partial charge in [0.2, 0.25) is 0 Å². The van der Waals surface area contributed by atoms with Gasteiger partial charge in [0.25, 0.3) is 0 Å². The van der Waals surface area contributed by atoms with E-state index in [2.05, 4.69) is 17.4 Å². The lowest BCUT2D eigenvalue weighted by Gasteiger charge is -2.07. The fraction of sp³-hybridized carbons (Fsp3) is 0.273. The monoisotopic (exact) mass is 176 g/mol. The number of nitrogens with one attached hydrogen (secondary N) is 1. The Kier molecular flexibility index (Phi) is 3.38. The third-order valence-corrected chi connectivity index (χ3v) is 1.99. The standard InChI is InChI=1S/C11H16N2/c1-9(12)10(2)13-8-11-6-4-3-5-7-11/h3-7,13H,8,12H2,1-2H3. The Balaban J connectivity index is 2.49. The van der Waals surface area contributed by atoms with E-state index in [-0.39, 0.29) is 0 Å². The van der Waals surface area contributed by atoms with Crippen molar-refractivity contribution in [1.29, 1.82) is 0 Å². The molecule has 13 heavy (non-hydrogen) atoms. The molecule has 1 aromatic carbocycles. The number of benzene rings is 1. The summed E-state index contributed by atoms with van der Waals surface area (Å²) in [4.78, 5) is 0. The number of rotatable bonds is 3.